The molecule has 29 heavy (non-hydrogen) atoms. The highest BCUT2D eigenvalue weighted by molar-refractivity contribution is 14.1. The van der Waals surface area contributed by atoms with Crippen LogP contribution >= 0.6 is 22.6 Å². The molecule has 2 bridgehead atoms. The second-order valence-electron chi connectivity index (χ2n) is 7.74. The van der Waals surface area contributed by atoms with Gasteiger partial charge in [-0.05, 0) is 84.9 Å². The molecule has 1 aromatic rings. The number of halogens is 1. The zero-order valence-corrected chi connectivity index (χ0v) is 18.6. The van der Waals surface area contributed by atoms with Crippen molar-refractivity contribution in [3.8, 4) is 5.75 Å². The quantitative estimate of drug-likeness (QED) is 0.258. The number of ether oxygens (including phenoxy) is 2. The molecular weight excluding hydrogens is 483 g/mol. The predicted octanol–water partition coefficient (Wildman–Crippen LogP) is 4.58. The van der Waals surface area contributed by atoms with Crippen LogP contribution in [-0.2, 0) is 9.53 Å². The molecule has 1 aromatic carbocycles. The van der Waals surface area contributed by atoms with E-state index >= 15 is 0 Å². The van der Waals surface area contributed by atoms with Gasteiger partial charge >= 0.3 is 5.97 Å². The van der Waals surface area contributed by atoms with Crippen LogP contribution in [0.15, 0.2) is 48.6 Å². The van der Waals surface area contributed by atoms with E-state index in [1.54, 1.807) is 0 Å². The van der Waals surface area contributed by atoms with Crippen molar-refractivity contribution in [2.24, 2.45) is 11.8 Å². The molecule has 5 atom stereocenters. The highest BCUT2D eigenvalue weighted by Crippen LogP contribution is 2.45. The van der Waals surface area contributed by atoms with Crippen LogP contribution in [-0.4, -0.2) is 41.1 Å². The first-order valence-electron chi connectivity index (χ1n) is 10.3. The monoisotopic (exact) mass is 512 g/mol. The summed E-state index contributed by atoms with van der Waals surface area (Å²) in [6.07, 6.45) is 12.9. The molecule has 0 unspecified atom stereocenters. The molecule has 0 amide bonds. The maximum Gasteiger partial charge on any atom is 0.303 e. The summed E-state index contributed by atoms with van der Waals surface area (Å²) in [7, 11) is 0. The zero-order chi connectivity index (χ0) is 20.6. The number of aliphatic hydroxyl groups is 1. The number of rotatable bonds is 11. The van der Waals surface area contributed by atoms with Gasteiger partial charge < -0.3 is 19.7 Å². The molecule has 2 aliphatic rings. The fraction of sp³-hybridized carbons (Fsp3) is 0.522. The van der Waals surface area contributed by atoms with Crippen molar-refractivity contribution in [2.45, 2.75) is 56.8 Å². The minimum absolute atomic E-state index is 0.217. The van der Waals surface area contributed by atoms with Crippen LogP contribution in [0.3, 0.4) is 0 Å². The molecule has 0 saturated carbocycles. The Balaban J connectivity index is 1.46. The van der Waals surface area contributed by atoms with E-state index in [2.05, 4.69) is 40.8 Å². The highest BCUT2D eigenvalue weighted by Gasteiger charge is 2.46. The second-order valence-corrected chi connectivity index (χ2v) is 8.99. The van der Waals surface area contributed by atoms with Gasteiger partial charge in [0.1, 0.15) is 18.5 Å². The third-order valence-electron chi connectivity index (χ3n) is 5.61. The number of unbranched alkanes of at least 4 members (excludes halogenated alkanes) is 1. The normalized spacial score (nSPS) is 27.1. The lowest BCUT2D eigenvalue weighted by atomic mass is 9.77. The van der Waals surface area contributed by atoms with Gasteiger partial charge in [0.25, 0.3) is 0 Å². The number of hydrogen-bond donors (Lipinski definition) is 2. The van der Waals surface area contributed by atoms with Gasteiger partial charge in [-0.15, -0.1) is 0 Å². The molecule has 0 radical (unpaired) electrons. The summed E-state index contributed by atoms with van der Waals surface area (Å²) in [6, 6.07) is 7.76. The first kappa shape index (κ1) is 22.3. The van der Waals surface area contributed by atoms with Gasteiger partial charge in [0, 0.05) is 15.9 Å². The summed E-state index contributed by atoms with van der Waals surface area (Å²) in [5.41, 5.74) is 0. The molecule has 2 heterocycles. The first-order chi connectivity index (χ1) is 14.0. The van der Waals surface area contributed by atoms with E-state index in [0.717, 1.165) is 35.0 Å². The molecule has 2 aliphatic heterocycles. The Morgan fingerprint density at radius 2 is 2.00 bits per heavy atom. The standard InChI is InChI=1S/C23H29IO5/c24-16-7-10-18(11-8-16)28-15-17(25)9-12-20-19(21-13-14-22(20)29-21)5-3-1-2-4-6-23(26)27/h1,3,7-12,17,19-22,25H,2,4-6,13-15H2,(H,26,27)/b3-1-,12-9+/t17-,19+,20+,21-,22+/m0/s1. The predicted molar refractivity (Wildman–Crippen MR) is 120 cm³/mol. The smallest absolute Gasteiger partial charge is 0.303 e. The minimum atomic E-state index is -0.741. The van der Waals surface area contributed by atoms with Gasteiger partial charge in [-0.1, -0.05) is 24.3 Å². The number of fused-ring (bicyclic) bond motifs is 2. The molecule has 2 N–H and O–H groups in total. The van der Waals surface area contributed by atoms with Crippen molar-refractivity contribution >= 4 is 28.6 Å². The number of aliphatic carboxylic acids is 1. The summed E-state index contributed by atoms with van der Waals surface area (Å²) in [5, 5.41) is 19.0. The van der Waals surface area contributed by atoms with Crippen molar-refractivity contribution in [3.05, 3.63) is 52.1 Å². The number of aliphatic hydroxyl groups excluding tert-OH is 1. The van der Waals surface area contributed by atoms with Gasteiger partial charge in [-0.25, -0.2) is 0 Å². The minimum Gasteiger partial charge on any atom is -0.491 e. The van der Waals surface area contributed by atoms with E-state index < -0.39 is 12.1 Å². The van der Waals surface area contributed by atoms with Crippen molar-refractivity contribution in [3.63, 3.8) is 0 Å². The lowest BCUT2D eigenvalue weighted by molar-refractivity contribution is -0.137. The van der Waals surface area contributed by atoms with Crippen LogP contribution in [0.2, 0.25) is 0 Å². The van der Waals surface area contributed by atoms with E-state index in [-0.39, 0.29) is 19.1 Å². The van der Waals surface area contributed by atoms with Gasteiger partial charge in [0.05, 0.1) is 12.2 Å². The van der Waals surface area contributed by atoms with Crippen LogP contribution in [0.4, 0.5) is 0 Å². The van der Waals surface area contributed by atoms with Crippen LogP contribution < -0.4 is 4.74 Å². The van der Waals surface area contributed by atoms with E-state index in [1.807, 2.05) is 30.3 Å². The van der Waals surface area contributed by atoms with Gasteiger partial charge in [0.2, 0.25) is 0 Å². The molecular formula is C23H29IO5. The molecule has 6 heteroatoms. The third kappa shape index (κ3) is 6.83. The largest absolute Gasteiger partial charge is 0.491 e. The first-order valence-corrected chi connectivity index (χ1v) is 11.4. The van der Waals surface area contributed by atoms with Crippen LogP contribution in [0.25, 0.3) is 0 Å². The Hall–Kier alpha value is -1.38. The van der Waals surface area contributed by atoms with Crippen molar-refractivity contribution < 1.29 is 24.5 Å². The van der Waals surface area contributed by atoms with E-state index in [0.29, 0.717) is 24.4 Å². The fourth-order valence-electron chi connectivity index (χ4n) is 4.15. The number of hydrogen-bond acceptors (Lipinski definition) is 4. The van der Waals surface area contributed by atoms with E-state index in [4.69, 9.17) is 14.6 Å². The Labute approximate surface area is 185 Å². The van der Waals surface area contributed by atoms with Crippen LogP contribution in [0.1, 0.15) is 38.5 Å². The van der Waals surface area contributed by atoms with Crippen LogP contribution in [0, 0.1) is 15.4 Å². The third-order valence-corrected chi connectivity index (χ3v) is 6.33. The van der Waals surface area contributed by atoms with E-state index in [9.17, 15) is 9.90 Å². The average molecular weight is 512 g/mol. The summed E-state index contributed by atoms with van der Waals surface area (Å²) in [6.45, 7) is 0.229. The van der Waals surface area contributed by atoms with Crippen molar-refractivity contribution in [1.82, 2.24) is 0 Å². The molecule has 5 nitrogen and oxygen atoms in total. The highest BCUT2D eigenvalue weighted by atomic mass is 127. The van der Waals surface area contributed by atoms with E-state index in [1.165, 1.54) is 0 Å². The lowest BCUT2D eigenvalue weighted by Crippen LogP contribution is -2.26. The molecule has 0 aromatic heterocycles. The number of carboxylic acid groups (broad SMARTS) is 1. The number of carboxylic acids is 1. The Morgan fingerprint density at radius 3 is 2.76 bits per heavy atom. The van der Waals surface area contributed by atoms with Crippen molar-refractivity contribution in [1.29, 1.82) is 0 Å². The van der Waals surface area contributed by atoms with Crippen LogP contribution in [0.5, 0.6) is 5.75 Å². The number of allylic oxidation sites excluding steroid dienone is 2. The second kappa shape index (κ2) is 11.1. The SMILES string of the molecule is O=C(O)CCC/C=C\C[C@@H]1[C@@H](/C=C/[C@H](O)COc2ccc(I)cc2)[C@H]2CC[C@@H]1O2. The Kier molecular flexibility index (Phi) is 8.56. The van der Waals surface area contributed by atoms with Gasteiger partial charge in [0.15, 0.2) is 0 Å². The topological polar surface area (TPSA) is 76.0 Å². The van der Waals surface area contributed by atoms with Gasteiger partial charge in [-0.3, -0.25) is 4.79 Å². The fourth-order valence-corrected chi connectivity index (χ4v) is 4.51. The number of benzene rings is 1. The Bertz CT molecular complexity index is 714. The van der Waals surface area contributed by atoms with Gasteiger partial charge in [-0.2, -0.15) is 0 Å². The molecule has 3 rings (SSSR count). The summed E-state index contributed by atoms with van der Waals surface area (Å²) >= 11 is 2.25. The average Bonchev–Trinajstić information content (AvgIpc) is 3.30. The maximum absolute atomic E-state index is 10.6. The summed E-state index contributed by atoms with van der Waals surface area (Å²) in [5.74, 6) is 0.747. The zero-order valence-electron chi connectivity index (χ0n) is 16.5. The molecule has 158 valence electrons. The van der Waals surface area contributed by atoms with Crippen molar-refractivity contribution in [2.75, 3.05) is 6.61 Å². The maximum atomic E-state index is 10.6. The summed E-state index contributed by atoms with van der Waals surface area (Å²) in [4.78, 5) is 10.6. The Morgan fingerprint density at radius 1 is 1.24 bits per heavy atom. The molecule has 0 aliphatic carbocycles. The number of carbonyl (C=O) groups is 1. The molecule has 0 spiro atoms. The molecule has 2 saturated heterocycles. The lowest BCUT2D eigenvalue weighted by Gasteiger charge is -2.25. The molecule has 2 fully saturated rings. The summed E-state index contributed by atoms with van der Waals surface area (Å²) < 4.78 is 12.9.